The van der Waals surface area contributed by atoms with Crippen LogP contribution in [0.25, 0.3) is 10.9 Å². The van der Waals surface area contributed by atoms with E-state index in [0.29, 0.717) is 11.3 Å². The lowest BCUT2D eigenvalue weighted by Gasteiger charge is -2.18. The van der Waals surface area contributed by atoms with Crippen molar-refractivity contribution < 1.29 is 14.6 Å². The van der Waals surface area contributed by atoms with Crippen molar-refractivity contribution in [1.82, 2.24) is 9.55 Å². The maximum absolute atomic E-state index is 13.8. The number of halogens is 1. The van der Waals surface area contributed by atoms with Crippen LogP contribution in [-0.2, 0) is 7.05 Å². The molecule has 4 aromatic rings. The standard InChI is InChI=1S/C24H25FN2O2/c1-13(2)22-23(28)20(24(29)27(22)4)19(15-8-6-5-7-9-15)21-14(3)17-12-16(25)10-11-18(17)26-21/h5-13,19,26,28-29H,1-4H3. The number of aryl methyl sites for hydroxylation is 1. The molecule has 1 atom stereocenters. The number of nitrogens with zero attached hydrogens (tertiary/aromatic N) is 1. The molecule has 0 spiro atoms. The summed E-state index contributed by atoms with van der Waals surface area (Å²) in [5.74, 6) is -0.559. The highest BCUT2D eigenvalue weighted by Crippen LogP contribution is 2.48. The monoisotopic (exact) mass is 392 g/mol. The molecule has 0 fully saturated rings. The minimum Gasteiger partial charge on any atom is -0.506 e. The quantitative estimate of drug-likeness (QED) is 0.419. The first kappa shape index (κ1) is 19.1. The summed E-state index contributed by atoms with van der Waals surface area (Å²) in [6.45, 7) is 5.89. The van der Waals surface area contributed by atoms with Crippen molar-refractivity contribution in [3.8, 4) is 11.6 Å². The van der Waals surface area contributed by atoms with Gasteiger partial charge in [0.25, 0.3) is 0 Å². The molecule has 150 valence electrons. The minimum atomic E-state index is -0.426. The normalized spacial score (nSPS) is 12.8. The second-order valence-corrected chi connectivity index (χ2v) is 7.88. The number of aromatic nitrogens is 2. The Kier molecular flexibility index (Phi) is 4.61. The molecule has 0 amide bonds. The highest BCUT2D eigenvalue weighted by atomic mass is 19.1. The third kappa shape index (κ3) is 2.97. The average molecular weight is 392 g/mol. The molecule has 0 saturated heterocycles. The Labute approximate surface area is 169 Å². The van der Waals surface area contributed by atoms with E-state index >= 15 is 0 Å². The van der Waals surface area contributed by atoms with E-state index in [1.807, 2.05) is 51.1 Å². The number of hydrogen-bond donors (Lipinski definition) is 3. The first-order valence-corrected chi connectivity index (χ1v) is 9.74. The molecule has 0 aliphatic carbocycles. The van der Waals surface area contributed by atoms with Crippen molar-refractivity contribution >= 4 is 10.9 Å². The number of rotatable bonds is 4. The minimum absolute atomic E-state index is 0.0317. The molecule has 29 heavy (non-hydrogen) atoms. The molecule has 2 heterocycles. The lowest BCUT2D eigenvalue weighted by molar-refractivity contribution is 0.420. The number of H-pyrrole nitrogens is 1. The van der Waals surface area contributed by atoms with Gasteiger partial charge < -0.3 is 19.8 Å². The van der Waals surface area contributed by atoms with E-state index in [2.05, 4.69) is 4.98 Å². The molecule has 1 unspecified atom stereocenters. The predicted molar refractivity (Wildman–Crippen MR) is 113 cm³/mol. The maximum Gasteiger partial charge on any atom is 0.199 e. The van der Waals surface area contributed by atoms with Gasteiger partial charge in [0.15, 0.2) is 5.88 Å². The van der Waals surface area contributed by atoms with Crippen LogP contribution in [0.2, 0.25) is 0 Å². The lowest BCUT2D eigenvalue weighted by atomic mass is 9.87. The van der Waals surface area contributed by atoms with E-state index in [1.165, 1.54) is 12.1 Å². The van der Waals surface area contributed by atoms with Crippen LogP contribution in [0.1, 0.15) is 53.8 Å². The second-order valence-electron chi connectivity index (χ2n) is 7.88. The number of aromatic amines is 1. The summed E-state index contributed by atoms with van der Waals surface area (Å²) < 4.78 is 15.5. The van der Waals surface area contributed by atoms with Crippen LogP contribution < -0.4 is 0 Å². The Morgan fingerprint density at radius 3 is 2.34 bits per heavy atom. The van der Waals surface area contributed by atoms with Crippen molar-refractivity contribution in [2.24, 2.45) is 7.05 Å². The Balaban J connectivity index is 2.04. The van der Waals surface area contributed by atoms with Gasteiger partial charge in [0.05, 0.1) is 17.2 Å². The fourth-order valence-electron chi connectivity index (χ4n) is 4.36. The SMILES string of the molecule is Cc1c(C(c2ccccc2)c2c(O)c(C(C)C)n(C)c2O)[nH]c2ccc(F)cc12. The number of benzene rings is 2. The molecule has 4 nitrogen and oxygen atoms in total. The van der Waals surface area contributed by atoms with E-state index in [0.717, 1.165) is 27.7 Å². The van der Waals surface area contributed by atoms with E-state index in [1.54, 1.807) is 17.7 Å². The van der Waals surface area contributed by atoms with Gasteiger partial charge >= 0.3 is 0 Å². The highest BCUT2D eigenvalue weighted by Gasteiger charge is 2.32. The van der Waals surface area contributed by atoms with E-state index in [-0.39, 0.29) is 23.4 Å². The maximum atomic E-state index is 13.8. The zero-order valence-electron chi connectivity index (χ0n) is 17.0. The summed E-state index contributed by atoms with van der Waals surface area (Å²) in [7, 11) is 1.75. The van der Waals surface area contributed by atoms with Gasteiger partial charge in [0.2, 0.25) is 0 Å². The number of fused-ring (bicyclic) bond motifs is 1. The molecule has 0 radical (unpaired) electrons. The zero-order chi connectivity index (χ0) is 20.9. The molecule has 2 aromatic heterocycles. The van der Waals surface area contributed by atoms with Crippen molar-refractivity contribution in [3.05, 3.63) is 82.4 Å². The lowest BCUT2D eigenvalue weighted by Crippen LogP contribution is -2.05. The Hall–Kier alpha value is -3.21. The average Bonchev–Trinajstić information content (AvgIpc) is 3.12. The molecule has 0 saturated carbocycles. The van der Waals surface area contributed by atoms with Crippen LogP contribution in [0.4, 0.5) is 4.39 Å². The molecular formula is C24H25FN2O2. The Bertz CT molecular complexity index is 1190. The molecule has 2 aromatic carbocycles. The van der Waals surface area contributed by atoms with Gasteiger partial charge in [-0.05, 0) is 42.2 Å². The summed E-state index contributed by atoms with van der Waals surface area (Å²) in [5, 5.41) is 22.9. The molecule has 0 aliphatic heterocycles. The summed E-state index contributed by atoms with van der Waals surface area (Å²) in [6.07, 6.45) is 0. The summed E-state index contributed by atoms with van der Waals surface area (Å²) in [6, 6.07) is 14.4. The smallest absolute Gasteiger partial charge is 0.199 e. The van der Waals surface area contributed by atoms with Gasteiger partial charge in [0, 0.05) is 23.6 Å². The largest absolute Gasteiger partial charge is 0.506 e. The molecular weight excluding hydrogens is 367 g/mol. The fraction of sp³-hybridized carbons (Fsp3) is 0.250. The first-order valence-electron chi connectivity index (χ1n) is 9.74. The van der Waals surface area contributed by atoms with Gasteiger partial charge in [-0.25, -0.2) is 4.39 Å². The zero-order valence-corrected chi connectivity index (χ0v) is 17.0. The van der Waals surface area contributed by atoms with E-state index < -0.39 is 5.92 Å². The molecule has 0 bridgehead atoms. The summed E-state index contributed by atoms with van der Waals surface area (Å²) >= 11 is 0. The number of aromatic hydroxyl groups is 2. The van der Waals surface area contributed by atoms with Gasteiger partial charge in [-0.3, -0.25) is 0 Å². The van der Waals surface area contributed by atoms with Gasteiger partial charge in [0.1, 0.15) is 11.6 Å². The summed E-state index contributed by atoms with van der Waals surface area (Å²) in [5.41, 5.74) is 4.59. The highest BCUT2D eigenvalue weighted by molar-refractivity contribution is 5.85. The van der Waals surface area contributed by atoms with Crippen LogP contribution in [0.5, 0.6) is 11.6 Å². The molecule has 5 heteroatoms. The van der Waals surface area contributed by atoms with Gasteiger partial charge in [-0.1, -0.05) is 44.2 Å². The van der Waals surface area contributed by atoms with E-state index in [9.17, 15) is 14.6 Å². The fourth-order valence-corrected chi connectivity index (χ4v) is 4.36. The van der Waals surface area contributed by atoms with Crippen molar-refractivity contribution in [1.29, 1.82) is 0 Å². The molecule has 0 aliphatic rings. The Morgan fingerprint density at radius 2 is 1.72 bits per heavy atom. The second kappa shape index (κ2) is 6.99. The third-order valence-electron chi connectivity index (χ3n) is 5.73. The van der Waals surface area contributed by atoms with Gasteiger partial charge in [-0.2, -0.15) is 0 Å². The molecule has 4 rings (SSSR count). The number of hydrogen-bond acceptors (Lipinski definition) is 2. The van der Waals surface area contributed by atoms with Crippen LogP contribution in [0.15, 0.2) is 48.5 Å². The summed E-state index contributed by atoms with van der Waals surface area (Å²) in [4.78, 5) is 3.40. The van der Waals surface area contributed by atoms with Crippen LogP contribution in [0.3, 0.4) is 0 Å². The Morgan fingerprint density at radius 1 is 1.03 bits per heavy atom. The van der Waals surface area contributed by atoms with Gasteiger partial charge in [-0.15, -0.1) is 0 Å². The number of nitrogens with one attached hydrogen (secondary N) is 1. The van der Waals surface area contributed by atoms with Crippen LogP contribution >= 0.6 is 0 Å². The van der Waals surface area contributed by atoms with E-state index in [4.69, 9.17) is 0 Å². The van der Waals surface area contributed by atoms with Crippen molar-refractivity contribution in [2.45, 2.75) is 32.6 Å². The predicted octanol–water partition coefficient (Wildman–Crippen LogP) is 5.67. The van der Waals surface area contributed by atoms with Crippen molar-refractivity contribution in [3.63, 3.8) is 0 Å². The molecule has 3 N–H and O–H groups in total. The van der Waals surface area contributed by atoms with Crippen LogP contribution in [0, 0.1) is 12.7 Å². The van der Waals surface area contributed by atoms with Crippen molar-refractivity contribution in [2.75, 3.05) is 0 Å². The topological polar surface area (TPSA) is 61.2 Å². The third-order valence-corrected chi connectivity index (χ3v) is 5.73. The van der Waals surface area contributed by atoms with Crippen LogP contribution in [-0.4, -0.2) is 19.8 Å². The first-order chi connectivity index (χ1) is 13.8.